The van der Waals surface area contributed by atoms with Crippen LogP contribution in [0.2, 0.25) is 5.02 Å². The molecule has 0 radical (unpaired) electrons. The molecular formula is C29H26BrClN2O5S. The summed E-state index contributed by atoms with van der Waals surface area (Å²) in [5.74, 6) is 0.0747. The van der Waals surface area contributed by atoms with Crippen molar-refractivity contribution >= 4 is 68.1 Å². The summed E-state index contributed by atoms with van der Waals surface area (Å²) >= 11 is 10.3. The Balaban J connectivity index is 1.48. The predicted octanol–water partition coefficient (Wildman–Crippen LogP) is 7.37. The number of anilines is 1. The van der Waals surface area contributed by atoms with Gasteiger partial charge in [0.2, 0.25) is 0 Å². The molecule has 1 aliphatic heterocycles. The summed E-state index contributed by atoms with van der Waals surface area (Å²) in [6.07, 6.45) is 1.64. The molecule has 1 heterocycles. The first-order valence-corrected chi connectivity index (χ1v) is 14.1. The van der Waals surface area contributed by atoms with Crippen molar-refractivity contribution in [3.05, 3.63) is 91.3 Å². The summed E-state index contributed by atoms with van der Waals surface area (Å²) < 4.78 is 12.1. The van der Waals surface area contributed by atoms with Crippen LogP contribution in [0, 0.1) is 13.8 Å². The van der Waals surface area contributed by atoms with Crippen molar-refractivity contribution in [2.24, 2.45) is 0 Å². The van der Waals surface area contributed by atoms with Gasteiger partial charge in [-0.05, 0) is 102 Å². The molecule has 3 aromatic rings. The molecule has 0 aromatic heterocycles. The van der Waals surface area contributed by atoms with E-state index in [0.29, 0.717) is 38.1 Å². The van der Waals surface area contributed by atoms with E-state index in [2.05, 4.69) is 21.2 Å². The number of carbonyl (C=O) groups excluding carboxylic acids is 3. The second-order valence-corrected chi connectivity index (χ2v) is 11.1. The zero-order valence-electron chi connectivity index (χ0n) is 21.5. The number of nitrogens with zero attached hydrogens (tertiary/aromatic N) is 1. The summed E-state index contributed by atoms with van der Waals surface area (Å²) in [5.41, 5.74) is 4.22. The predicted molar refractivity (Wildman–Crippen MR) is 158 cm³/mol. The number of aryl methyl sites for hydroxylation is 2. The van der Waals surface area contributed by atoms with E-state index in [0.717, 1.165) is 34.1 Å². The first-order chi connectivity index (χ1) is 18.6. The molecule has 3 aromatic carbocycles. The van der Waals surface area contributed by atoms with Gasteiger partial charge < -0.3 is 14.8 Å². The van der Waals surface area contributed by atoms with Crippen molar-refractivity contribution < 1.29 is 23.9 Å². The number of halogens is 2. The average Bonchev–Trinajstić information content (AvgIpc) is 3.14. The normalized spacial score (nSPS) is 14.2. The smallest absolute Gasteiger partial charge is 0.293 e. The highest BCUT2D eigenvalue weighted by Crippen LogP contribution is 2.39. The van der Waals surface area contributed by atoms with Crippen molar-refractivity contribution in [1.82, 2.24) is 4.90 Å². The Bertz CT molecular complexity index is 1460. The number of ether oxygens (including phenoxy) is 2. The summed E-state index contributed by atoms with van der Waals surface area (Å²) in [6, 6.07) is 16.2. The highest BCUT2D eigenvalue weighted by molar-refractivity contribution is 9.10. The van der Waals surface area contributed by atoms with Crippen LogP contribution in [-0.2, 0) is 16.1 Å². The largest absolute Gasteiger partial charge is 0.490 e. The Morgan fingerprint density at radius 2 is 1.82 bits per heavy atom. The maximum atomic E-state index is 13.0. The highest BCUT2D eigenvalue weighted by Gasteiger charge is 2.35. The highest BCUT2D eigenvalue weighted by atomic mass is 79.9. The first kappa shape index (κ1) is 28.7. The van der Waals surface area contributed by atoms with E-state index in [9.17, 15) is 14.4 Å². The van der Waals surface area contributed by atoms with Crippen molar-refractivity contribution in [3.63, 3.8) is 0 Å². The number of hydrogen-bond donors (Lipinski definition) is 1. The van der Waals surface area contributed by atoms with Gasteiger partial charge in [-0.15, -0.1) is 0 Å². The van der Waals surface area contributed by atoms with Gasteiger partial charge in [0.25, 0.3) is 17.1 Å². The lowest BCUT2D eigenvalue weighted by Gasteiger charge is -2.15. The van der Waals surface area contributed by atoms with Gasteiger partial charge in [0.05, 0.1) is 22.5 Å². The van der Waals surface area contributed by atoms with Crippen molar-refractivity contribution in [2.75, 3.05) is 18.5 Å². The second-order valence-electron chi connectivity index (χ2n) is 8.81. The number of thioether (sulfide) groups is 1. The van der Waals surface area contributed by atoms with E-state index in [-0.39, 0.29) is 30.2 Å². The fourth-order valence-electron chi connectivity index (χ4n) is 3.91. The van der Waals surface area contributed by atoms with E-state index in [1.807, 2.05) is 39.0 Å². The third-order valence-electron chi connectivity index (χ3n) is 5.76. The Kier molecular flexibility index (Phi) is 9.37. The number of hydrogen-bond acceptors (Lipinski definition) is 6. The Hall–Kier alpha value is -3.27. The van der Waals surface area contributed by atoms with Crippen LogP contribution in [0.1, 0.15) is 29.2 Å². The molecule has 202 valence electrons. The second kappa shape index (κ2) is 12.7. The van der Waals surface area contributed by atoms with Gasteiger partial charge in [-0.1, -0.05) is 41.4 Å². The maximum absolute atomic E-state index is 13.0. The fourth-order valence-corrected chi connectivity index (χ4v) is 5.45. The zero-order valence-corrected chi connectivity index (χ0v) is 24.7. The third-order valence-corrected chi connectivity index (χ3v) is 7.51. The summed E-state index contributed by atoms with van der Waals surface area (Å²) in [5, 5.41) is 3.09. The minimum atomic E-state index is -0.377. The number of imide groups is 1. The van der Waals surface area contributed by atoms with E-state index in [1.165, 1.54) is 4.90 Å². The van der Waals surface area contributed by atoms with Gasteiger partial charge in [0.15, 0.2) is 18.1 Å². The van der Waals surface area contributed by atoms with E-state index in [1.54, 1.807) is 42.5 Å². The molecular weight excluding hydrogens is 604 g/mol. The standard InChI is InChI=1S/C29H26BrClN2O5S/c1-4-37-24-13-20(14-25-28(35)33(29(36)39-25)15-19-6-8-21(31)9-7-19)12-22(30)27(24)38-16-26(34)32-23-10-5-17(2)11-18(23)3/h5-14H,4,15-16H2,1-3H3,(H,32,34)/b25-14-. The average molecular weight is 630 g/mol. The first-order valence-electron chi connectivity index (χ1n) is 12.1. The number of rotatable bonds is 9. The molecule has 0 spiro atoms. The summed E-state index contributed by atoms with van der Waals surface area (Å²) in [4.78, 5) is 39.6. The lowest BCUT2D eigenvalue weighted by molar-refractivity contribution is -0.123. The SMILES string of the molecule is CCOc1cc(/C=C2\SC(=O)N(Cc3ccc(Cl)cc3)C2=O)cc(Br)c1OCC(=O)Nc1ccc(C)cc1C. The summed E-state index contributed by atoms with van der Waals surface area (Å²) in [6.45, 7) is 6.04. The van der Waals surface area contributed by atoms with Crippen LogP contribution in [0.3, 0.4) is 0 Å². The molecule has 0 atom stereocenters. The van der Waals surface area contributed by atoms with Gasteiger partial charge in [-0.3, -0.25) is 19.3 Å². The summed E-state index contributed by atoms with van der Waals surface area (Å²) in [7, 11) is 0. The van der Waals surface area contributed by atoms with Crippen LogP contribution in [0.25, 0.3) is 6.08 Å². The van der Waals surface area contributed by atoms with Crippen molar-refractivity contribution in [3.8, 4) is 11.5 Å². The number of amides is 3. The van der Waals surface area contributed by atoms with Crippen LogP contribution in [-0.4, -0.2) is 35.2 Å². The van der Waals surface area contributed by atoms with Gasteiger partial charge in [0, 0.05) is 10.7 Å². The lowest BCUT2D eigenvalue weighted by Crippen LogP contribution is -2.27. The molecule has 3 amide bonds. The van der Waals surface area contributed by atoms with Crippen LogP contribution in [0.5, 0.6) is 11.5 Å². The molecule has 1 fully saturated rings. The molecule has 1 saturated heterocycles. The zero-order chi connectivity index (χ0) is 28.1. The van der Waals surface area contributed by atoms with Gasteiger partial charge in [-0.25, -0.2) is 0 Å². The molecule has 0 unspecified atom stereocenters. The molecule has 4 rings (SSSR count). The number of nitrogens with one attached hydrogen (secondary N) is 1. The van der Waals surface area contributed by atoms with Crippen molar-refractivity contribution in [1.29, 1.82) is 0 Å². The Morgan fingerprint density at radius 1 is 1.08 bits per heavy atom. The molecule has 39 heavy (non-hydrogen) atoms. The molecule has 0 aliphatic carbocycles. The minimum Gasteiger partial charge on any atom is -0.490 e. The monoisotopic (exact) mass is 628 g/mol. The molecule has 1 N–H and O–H groups in total. The van der Waals surface area contributed by atoms with Gasteiger partial charge in [0.1, 0.15) is 0 Å². The van der Waals surface area contributed by atoms with E-state index < -0.39 is 0 Å². The van der Waals surface area contributed by atoms with Crippen LogP contribution in [0.4, 0.5) is 10.5 Å². The number of benzene rings is 3. The molecule has 1 aliphatic rings. The lowest BCUT2D eigenvalue weighted by atomic mass is 10.1. The van der Waals surface area contributed by atoms with E-state index in [4.69, 9.17) is 21.1 Å². The molecule has 10 heteroatoms. The third kappa shape index (κ3) is 7.23. The van der Waals surface area contributed by atoms with Gasteiger partial charge >= 0.3 is 0 Å². The number of carbonyl (C=O) groups is 3. The van der Waals surface area contributed by atoms with Gasteiger partial charge in [-0.2, -0.15) is 0 Å². The van der Waals surface area contributed by atoms with Crippen molar-refractivity contribution in [2.45, 2.75) is 27.3 Å². The molecule has 7 nitrogen and oxygen atoms in total. The van der Waals surface area contributed by atoms with Crippen LogP contribution >= 0.6 is 39.3 Å². The molecule has 0 bridgehead atoms. The topological polar surface area (TPSA) is 84.9 Å². The minimum absolute atomic E-state index is 0.157. The Morgan fingerprint density at radius 3 is 2.51 bits per heavy atom. The van der Waals surface area contributed by atoms with E-state index >= 15 is 0 Å². The van der Waals surface area contributed by atoms with Crippen LogP contribution in [0.15, 0.2) is 64.0 Å². The fraction of sp³-hybridized carbons (Fsp3) is 0.207. The maximum Gasteiger partial charge on any atom is 0.293 e. The molecule has 0 saturated carbocycles. The quantitative estimate of drug-likeness (QED) is 0.249. The van der Waals surface area contributed by atoms with Crippen LogP contribution < -0.4 is 14.8 Å². The Labute approximate surface area is 244 Å².